The van der Waals surface area contributed by atoms with E-state index in [1.54, 1.807) is 6.92 Å². The molecule has 0 saturated carbocycles. The van der Waals surface area contributed by atoms with Crippen LogP contribution in [0.3, 0.4) is 0 Å². The van der Waals surface area contributed by atoms with Gasteiger partial charge in [-0.05, 0) is 32.4 Å². The Morgan fingerprint density at radius 2 is 2.05 bits per heavy atom. The predicted octanol–water partition coefficient (Wildman–Crippen LogP) is 2.88. The van der Waals surface area contributed by atoms with Crippen LogP contribution in [0.5, 0.6) is 0 Å². The molecule has 0 aliphatic rings. The topological polar surface area (TPSA) is 75.3 Å². The molecule has 2 N–H and O–H groups in total. The maximum atomic E-state index is 5.05. The SMILES string of the molecule is CCNC(=NCc1nc(C)no1)NCc1ccc(CC)s1.I. The minimum absolute atomic E-state index is 0. The Kier molecular flexibility index (Phi) is 8.39. The van der Waals surface area contributed by atoms with E-state index in [-0.39, 0.29) is 24.0 Å². The first-order valence-electron chi connectivity index (χ1n) is 7.10. The Morgan fingerprint density at radius 3 is 2.64 bits per heavy atom. The minimum Gasteiger partial charge on any atom is -0.357 e. The minimum atomic E-state index is 0. The van der Waals surface area contributed by atoms with E-state index in [1.807, 2.05) is 18.3 Å². The predicted molar refractivity (Wildman–Crippen MR) is 99.8 cm³/mol. The van der Waals surface area contributed by atoms with E-state index >= 15 is 0 Å². The van der Waals surface area contributed by atoms with Crippen molar-refractivity contribution in [3.63, 3.8) is 0 Å². The fourth-order valence-electron chi connectivity index (χ4n) is 1.77. The van der Waals surface area contributed by atoms with Gasteiger partial charge < -0.3 is 15.2 Å². The molecule has 2 rings (SSSR count). The number of guanidine groups is 1. The molecule has 2 heterocycles. The van der Waals surface area contributed by atoms with Gasteiger partial charge in [0.2, 0.25) is 5.89 Å². The Morgan fingerprint density at radius 1 is 1.27 bits per heavy atom. The number of nitrogens with one attached hydrogen (secondary N) is 2. The summed E-state index contributed by atoms with van der Waals surface area (Å²) in [5.41, 5.74) is 0. The molecule has 0 aliphatic carbocycles. The van der Waals surface area contributed by atoms with E-state index in [9.17, 15) is 0 Å². The lowest BCUT2D eigenvalue weighted by molar-refractivity contribution is 0.376. The van der Waals surface area contributed by atoms with E-state index < -0.39 is 0 Å². The van der Waals surface area contributed by atoms with Crippen LogP contribution in [0.25, 0.3) is 0 Å². The van der Waals surface area contributed by atoms with Crippen LogP contribution in [0.1, 0.15) is 35.3 Å². The molecule has 0 aromatic carbocycles. The van der Waals surface area contributed by atoms with Gasteiger partial charge in [-0.25, -0.2) is 4.99 Å². The number of thiophene rings is 1. The standard InChI is InChI=1S/C14H21N5OS.HI/c1-4-11-6-7-12(21-11)8-16-14(15-5-2)17-9-13-18-10(3)19-20-13;/h6-7H,4-5,8-9H2,1-3H3,(H2,15,16,17);1H. The summed E-state index contributed by atoms with van der Waals surface area (Å²) < 4.78 is 5.05. The highest BCUT2D eigenvalue weighted by Gasteiger charge is 2.04. The van der Waals surface area contributed by atoms with Crippen LogP contribution in [0.4, 0.5) is 0 Å². The normalized spacial score (nSPS) is 11.1. The van der Waals surface area contributed by atoms with Crippen LogP contribution < -0.4 is 10.6 Å². The Balaban J connectivity index is 0.00000242. The summed E-state index contributed by atoms with van der Waals surface area (Å²) in [4.78, 5) is 11.3. The van der Waals surface area contributed by atoms with E-state index in [4.69, 9.17) is 4.52 Å². The summed E-state index contributed by atoms with van der Waals surface area (Å²) in [5.74, 6) is 1.90. The first-order chi connectivity index (χ1) is 10.2. The van der Waals surface area contributed by atoms with Gasteiger partial charge in [0.05, 0.1) is 6.54 Å². The average molecular weight is 435 g/mol. The molecule has 0 saturated heterocycles. The zero-order valence-corrected chi connectivity index (χ0v) is 16.2. The number of aliphatic imine (C=N–C) groups is 1. The largest absolute Gasteiger partial charge is 0.357 e. The van der Waals surface area contributed by atoms with Crippen molar-refractivity contribution in [2.45, 2.75) is 40.3 Å². The van der Waals surface area contributed by atoms with Crippen molar-refractivity contribution in [1.82, 2.24) is 20.8 Å². The number of hydrogen-bond donors (Lipinski definition) is 2. The third-order valence-corrected chi connectivity index (χ3v) is 4.01. The van der Waals surface area contributed by atoms with Gasteiger partial charge in [0.15, 0.2) is 11.8 Å². The number of aromatic nitrogens is 2. The van der Waals surface area contributed by atoms with Gasteiger partial charge in [0.1, 0.15) is 6.54 Å². The lowest BCUT2D eigenvalue weighted by Gasteiger charge is -2.09. The third kappa shape index (κ3) is 5.91. The van der Waals surface area contributed by atoms with Crippen LogP contribution in [-0.4, -0.2) is 22.6 Å². The molecule has 6 nitrogen and oxygen atoms in total. The monoisotopic (exact) mass is 435 g/mol. The second kappa shape index (κ2) is 9.78. The molecule has 0 aliphatic heterocycles. The van der Waals surface area contributed by atoms with Gasteiger partial charge in [0, 0.05) is 16.3 Å². The quantitative estimate of drug-likeness (QED) is 0.415. The van der Waals surface area contributed by atoms with Crippen molar-refractivity contribution in [3.8, 4) is 0 Å². The lowest BCUT2D eigenvalue weighted by Crippen LogP contribution is -2.36. The van der Waals surface area contributed by atoms with Crippen LogP contribution in [0.15, 0.2) is 21.6 Å². The molecule has 0 amide bonds. The van der Waals surface area contributed by atoms with Crippen molar-refractivity contribution in [2.75, 3.05) is 6.54 Å². The van der Waals surface area contributed by atoms with Gasteiger partial charge in [0.25, 0.3) is 0 Å². The smallest absolute Gasteiger partial charge is 0.248 e. The fourth-order valence-corrected chi connectivity index (χ4v) is 2.67. The van der Waals surface area contributed by atoms with Crippen molar-refractivity contribution in [1.29, 1.82) is 0 Å². The second-order valence-corrected chi connectivity index (χ2v) is 5.76. The molecule has 0 unspecified atom stereocenters. The molecular weight excluding hydrogens is 413 g/mol. The van der Waals surface area contributed by atoms with E-state index in [0.717, 1.165) is 25.5 Å². The third-order valence-electron chi connectivity index (χ3n) is 2.78. The molecule has 0 fully saturated rings. The molecule has 2 aromatic heterocycles. The van der Waals surface area contributed by atoms with Gasteiger partial charge >= 0.3 is 0 Å². The average Bonchev–Trinajstić information content (AvgIpc) is 3.10. The number of halogens is 1. The van der Waals surface area contributed by atoms with Crippen LogP contribution in [0.2, 0.25) is 0 Å². The molecule has 2 aromatic rings. The molecule has 22 heavy (non-hydrogen) atoms. The van der Waals surface area contributed by atoms with Crippen LogP contribution >= 0.6 is 35.3 Å². The zero-order valence-electron chi connectivity index (χ0n) is 13.0. The summed E-state index contributed by atoms with van der Waals surface area (Å²) in [6, 6.07) is 4.33. The zero-order chi connectivity index (χ0) is 15.1. The van der Waals surface area contributed by atoms with E-state index in [1.165, 1.54) is 9.75 Å². The maximum Gasteiger partial charge on any atom is 0.248 e. The van der Waals surface area contributed by atoms with E-state index in [0.29, 0.717) is 18.3 Å². The molecule has 0 radical (unpaired) electrons. The molecule has 0 bridgehead atoms. The van der Waals surface area contributed by atoms with Crippen molar-refractivity contribution < 1.29 is 4.52 Å². The summed E-state index contributed by atoms with van der Waals surface area (Å²) in [5, 5.41) is 10.3. The summed E-state index contributed by atoms with van der Waals surface area (Å²) in [7, 11) is 0. The number of hydrogen-bond acceptors (Lipinski definition) is 5. The van der Waals surface area contributed by atoms with Gasteiger partial charge in [-0.1, -0.05) is 12.1 Å². The first-order valence-corrected chi connectivity index (χ1v) is 7.91. The first kappa shape index (κ1) is 18.9. The number of nitrogens with zero attached hydrogens (tertiary/aromatic N) is 3. The van der Waals surface area contributed by atoms with E-state index in [2.05, 4.69) is 44.8 Å². The highest BCUT2D eigenvalue weighted by atomic mass is 127. The maximum absolute atomic E-state index is 5.05. The fraction of sp³-hybridized carbons (Fsp3) is 0.500. The Labute approximate surface area is 151 Å². The Bertz CT molecular complexity index is 596. The molecule has 122 valence electrons. The van der Waals surface area contributed by atoms with Gasteiger partial charge in [-0.2, -0.15) is 4.98 Å². The van der Waals surface area contributed by atoms with Crippen LogP contribution in [0, 0.1) is 6.92 Å². The highest BCUT2D eigenvalue weighted by molar-refractivity contribution is 14.0. The van der Waals surface area contributed by atoms with Crippen molar-refractivity contribution >= 4 is 41.3 Å². The van der Waals surface area contributed by atoms with Gasteiger partial charge in [-0.3, -0.25) is 0 Å². The lowest BCUT2D eigenvalue weighted by atomic mass is 10.4. The summed E-state index contributed by atoms with van der Waals surface area (Å²) in [6.45, 7) is 7.94. The number of rotatable bonds is 6. The summed E-state index contributed by atoms with van der Waals surface area (Å²) >= 11 is 1.82. The Hall–Kier alpha value is -1.16. The number of aryl methyl sites for hydroxylation is 2. The molecule has 0 atom stereocenters. The van der Waals surface area contributed by atoms with Crippen molar-refractivity contribution in [2.24, 2.45) is 4.99 Å². The van der Waals surface area contributed by atoms with Crippen molar-refractivity contribution in [3.05, 3.63) is 33.6 Å². The molecule has 0 spiro atoms. The van der Waals surface area contributed by atoms with Crippen LogP contribution in [-0.2, 0) is 19.5 Å². The van der Waals surface area contributed by atoms with Gasteiger partial charge in [-0.15, -0.1) is 35.3 Å². The molecular formula is C14H22IN5OS. The highest BCUT2D eigenvalue weighted by Crippen LogP contribution is 2.16. The molecule has 8 heteroatoms. The second-order valence-electron chi connectivity index (χ2n) is 4.51. The summed E-state index contributed by atoms with van der Waals surface area (Å²) in [6.07, 6.45) is 1.08.